The van der Waals surface area contributed by atoms with E-state index in [2.05, 4.69) is 79.8 Å². The third-order valence-electron chi connectivity index (χ3n) is 5.73. The molecule has 1 fully saturated rings. The summed E-state index contributed by atoms with van der Waals surface area (Å²) in [6.45, 7) is 5.21. The van der Waals surface area contributed by atoms with Crippen molar-refractivity contribution in [3.05, 3.63) is 99.8 Å². The zero-order valence-corrected chi connectivity index (χ0v) is 15.2. The van der Waals surface area contributed by atoms with Gasteiger partial charge in [-0.25, -0.2) is 0 Å². The fraction of sp³-hybridized carbons (Fsp3) is 0.208. The Hall–Kier alpha value is -2.87. The highest BCUT2D eigenvalue weighted by Crippen LogP contribution is 2.65. The first-order valence-electron chi connectivity index (χ1n) is 9.35. The molecule has 5 rings (SSSR count). The van der Waals surface area contributed by atoms with Crippen LogP contribution in [0.1, 0.15) is 29.2 Å². The van der Waals surface area contributed by atoms with Gasteiger partial charge in [0.25, 0.3) is 0 Å². The van der Waals surface area contributed by atoms with Crippen molar-refractivity contribution >= 4 is 11.8 Å². The molecule has 0 aromatic heterocycles. The standard InChI is InChI=1S/C24H22N2/c1-3-17-8-6-9-18(13-17)15-25-22-14-20(19-10-5-4-7-16(19)2)23-21-11-12-26-24(21,22)23/h4-14,25H,3,15H2,1-2H3. The fourth-order valence-electron chi connectivity index (χ4n) is 4.29. The maximum Gasteiger partial charge on any atom is 0.151 e. The van der Waals surface area contributed by atoms with Gasteiger partial charge in [-0.2, -0.15) is 0 Å². The van der Waals surface area contributed by atoms with Crippen LogP contribution in [0.5, 0.6) is 0 Å². The summed E-state index contributed by atoms with van der Waals surface area (Å²) >= 11 is 0. The van der Waals surface area contributed by atoms with Crippen molar-refractivity contribution < 1.29 is 0 Å². The van der Waals surface area contributed by atoms with Crippen LogP contribution in [0.2, 0.25) is 0 Å². The molecule has 1 unspecified atom stereocenters. The summed E-state index contributed by atoms with van der Waals surface area (Å²) in [4.78, 5) is 4.83. The number of hydrogen-bond acceptors (Lipinski definition) is 2. The molecule has 1 spiro atoms. The van der Waals surface area contributed by atoms with Crippen LogP contribution >= 0.6 is 0 Å². The molecule has 2 nitrogen and oxygen atoms in total. The Morgan fingerprint density at radius 2 is 1.88 bits per heavy atom. The van der Waals surface area contributed by atoms with Crippen molar-refractivity contribution in [3.8, 4) is 0 Å². The van der Waals surface area contributed by atoms with Gasteiger partial charge in [0.05, 0.1) is 0 Å². The summed E-state index contributed by atoms with van der Waals surface area (Å²) in [5.41, 5.74) is 10.4. The van der Waals surface area contributed by atoms with Crippen molar-refractivity contribution in [1.82, 2.24) is 5.32 Å². The lowest BCUT2D eigenvalue weighted by atomic mass is 10.00. The number of nitrogens with one attached hydrogen (secondary N) is 1. The first kappa shape index (κ1) is 15.4. The molecule has 1 aliphatic heterocycles. The molecular weight excluding hydrogens is 316 g/mol. The molecule has 128 valence electrons. The summed E-state index contributed by atoms with van der Waals surface area (Å²) in [5.74, 6) is 0. The molecule has 2 aliphatic carbocycles. The molecule has 1 saturated carbocycles. The van der Waals surface area contributed by atoms with Gasteiger partial charge < -0.3 is 5.32 Å². The normalized spacial score (nSPS) is 22.1. The van der Waals surface area contributed by atoms with Crippen LogP contribution in [0.3, 0.4) is 0 Å². The number of allylic oxidation sites excluding steroid dienone is 3. The highest BCUT2D eigenvalue weighted by molar-refractivity contribution is 6.05. The van der Waals surface area contributed by atoms with Gasteiger partial charge in [-0.05, 0) is 58.9 Å². The number of dihydropyridines is 1. The monoisotopic (exact) mass is 338 g/mol. The Morgan fingerprint density at radius 3 is 2.73 bits per heavy atom. The molecule has 3 aliphatic rings. The molecule has 0 bridgehead atoms. The third kappa shape index (κ3) is 2.08. The van der Waals surface area contributed by atoms with E-state index in [1.54, 1.807) is 0 Å². The average molecular weight is 338 g/mol. The number of benzene rings is 2. The molecule has 0 radical (unpaired) electrons. The minimum absolute atomic E-state index is 0.208. The zero-order chi connectivity index (χ0) is 17.7. The number of rotatable bonds is 5. The quantitative estimate of drug-likeness (QED) is 0.835. The molecule has 26 heavy (non-hydrogen) atoms. The van der Waals surface area contributed by atoms with Crippen molar-refractivity contribution in [2.75, 3.05) is 0 Å². The molecule has 2 aromatic carbocycles. The molecule has 2 heteroatoms. The number of nitrogens with zero attached hydrogens (tertiary/aromatic N) is 1. The minimum atomic E-state index is -0.208. The van der Waals surface area contributed by atoms with Gasteiger partial charge in [-0.1, -0.05) is 55.5 Å². The maximum absolute atomic E-state index is 4.83. The van der Waals surface area contributed by atoms with Gasteiger partial charge in [-0.15, -0.1) is 0 Å². The number of aryl methyl sites for hydroxylation is 2. The highest BCUT2D eigenvalue weighted by atomic mass is 15.1. The van der Waals surface area contributed by atoms with Gasteiger partial charge in [0.2, 0.25) is 0 Å². The summed E-state index contributed by atoms with van der Waals surface area (Å²) in [6.07, 6.45) is 7.50. The van der Waals surface area contributed by atoms with Crippen LogP contribution in [0.25, 0.3) is 5.57 Å². The molecule has 1 heterocycles. The summed E-state index contributed by atoms with van der Waals surface area (Å²) in [6, 6.07) is 17.4. The minimum Gasteiger partial charge on any atom is -0.382 e. The highest BCUT2D eigenvalue weighted by Gasteiger charge is 2.63. The predicted octanol–water partition coefficient (Wildman–Crippen LogP) is 4.76. The van der Waals surface area contributed by atoms with Gasteiger partial charge in [0.15, 0.2) is 5.54 Å². The van der Waals surface area contributed by atoms with E-state index in [0.717, 1.165) is 13.0 Å². The number of hydrogen-bond donors (Lipinski definition) is 1. The number of fused-ring (bicyclic) bond motifs is 1. The summed E-state index contributed by atoms with van der Waals surface area (Å²) in [5, 5.41) is 3.69. The van der Waals surface area contributed by atoms with Crippen molar-refractivity contribution in [2.24, 2.45) is 4.99 Å². The molecule has 0 amide bonds. The third-order valence-corrected chi connectivity index (χ3v) is 5.73. The Labute approximate surface area is 154 Å². The topological polar surface area (TPSA) is 24.4 Å². The summed E-state index contributed by atoms with van der Waals surface area (Å²) < 4.78 is 0. The van der Waals surface area contributed by atoms with E-state index in [4.69, 9.17) is 4.99 Å². The lowest BCUT2D eigenvalue weighted by Crippen LogP contribution is -2.23. The van der Waals surface area contributed by atoms with Crippen molar-refractivity contribution in [1.29, 1.82) is 0 Å². The second-order valence-electron chi connectivity index (χ2n) is 7.26. The van der Waals surface area contributed by atoms with E-state index < -0.39 is 0 Å². The van der Waals surface area contributed by atoms with Crippen LogP contribution < -0.4 is 5.32 Å². The Balaban J connectivity index is 1.47. The van der Waals surface area contributed by atoms with Crippen LogP contribution in [0, 0.1) is 6.92 Å². The molecule has 1 atom stereocenters. The lowest BCUT2D eigenvalue weighted by Gasteiger charge is -2.14. The summed E-state index contributed by atoms with van der Waals surface area (Å²) in [7, 11) is 0. The fourth-order valence-corrected chi connectivity index (χ4v) is 4.29. The molecule has 2 aromatic rings. The van der Waals surface area contributed by atoms with E-state index >= 15 is 0 Å². The van der Waals surface area contributed by atoms with Crippen LogP contribution in [-0.2, 0) is 13.0 Å². The Bertz CT molecular complexity index is 1040. The van der Waals surface area contributed by atoms with Crippen molar-refractivity contribution in [3.63, 3.8) is 0 Å². The van der Waals surface area contributed by atoms with Gasteiger partial charge >= 0.3 is 0 Å². The smallest absolute Gasteiger partial charge is 0.151 e. The second kappa shape index (κ2) is 5.57. The van der Waals surface area contributed by atoms with Crippen LogP contribution in [0.4, 0.5) is 0 Å². The molecule has 0 saturated heterocycles. The number of aliphatic imine (C=N–C) groups is 1. The van der Waals surface area contributed by atoms with Gasteiger partial charge in [-0.3, -0.25) is 4.99 Å². The van der Waals surface area contributed by atoms with Crippen LogP contribution in [-0.4, -0.2) is 11.8 Å². The van der Waals surface area contributed by atoms with Gasteiger partial charge in [0, 0.05) is 24.0 Å². The first-order valence-corrected chi connectivity index (χ1v) is 9.35. The van der Waals surface area contributed by atoms with Gasteiger partial charge in [0.1, 0.15) is 0 Å². The molecular formula is C24H22N2. The molecule has 1 N–H and O–H groups in total. The van der Waals surface area contributed by atoms with E-state index in [1.807, 2.05) is 6.21 Å². The zero-order valence-electron chi connectivity index (χ0n) is 15.2. The maximum atomic E-state index is 4.83. The van der Waals surface area contributed by atoms with E-state index in [1.165, 1.54) is 44.7 Å². The first-order chi connectivity index (χ1) is 12.7. The second-order valence-corrected chi connectivity index (χ2v) is 7.26. The van der Waals surface area contributed by atoms with Crippen LogP contribution in [0.15, 0.2) is 82.5 Å². The average Bonchev–Trinajstić information content (AvgIpc) is 2.98. The SMILES string of the molecule is CCc1cccc(CNC2=CC(c3ccccc3C)=C3C4=CC=NC243)c1. The van der Waals surface area contributed by atoms with E-state index in [9.17, 15) is 0 Å². The Morgan fingerprint density at radius 1 is 1.04 bits per heavy atom. The predicted molar refractivity (Wildman–Crippen MR) is 108 cm³/mol. The van der Waals surface area contributed by atoms with E-state index in [-0.39, 0.29) is 5.54 Å². The van der Waals surface area contributed by atoms with Crippen molar-refractivity contribution in [2.45, 2.75) is 32.4 Å². The largest absolute Gasteiger partial charge is 0.382 e. The van der Waals surface area contributed by atoms with E-state index in [0.29, 0.717) is 0 Å². The lowest BCUT2D eigenvalue weighted by molar-refractivity contribution is 0.720. The Kier molecular flexibility index (Phi) is 3.30.